The van der Waals surface area contributed by atoms with E-state index in [9.17, 15) is 15.2 Å². The molecule has 1 atom stereocenters. The van der Waals surface area contributed by atoms with Crippen LogP contribution in [-0.2, 0) is 0 Å². The lowest BCUT2D eigenvalue weighted by molar-refractivity contribution is 0.0169. The van der Waals surface area contributed by atoms with Crippen LogP contribution in [0.5, 0.6) is 0 Å². The van der Waals surface area contributed by atoms with Crippen molar-refractivity contribution in [3.63, 3.8) is 0 Å². The molecule has 0 spiro atoms. The largest absolute Gasteiger partial charge is 0.584 e. The number of hydrogen-bond acceptors (Lipinski definition) is 5. The van der Waals surface area contributed by atoms with E-state index >= 15 is 0 Å². The first kappa shape index (κ1) is 17.4. The fraction of sp³-hybridized carbons (Fsp3) is 0. The molecule has 6 nitrogen and oxygen atoms in total. The number of hydrogen-bond donors (Lipinski definition) is 3. The number of amides is 2. The molecule has 1 aliphatic rings. The maximum Gasteiger partial charge on any atom is 0.459 e. The monoisotopic (exact) mass is 407 g/mol. The number of nitrogens with zero attached hydrogens (tertiary/aromatic N) is 1. The Morgan fingerprint density at radius 1 is 1.15 bits per heavy atom. The molecule has 1 heterocycles. The molecule has 0 radical (unpaired) electrons. The number of anilines is 2. The Labute approximate surface area is 162 Å². The zero-order valence-corrected chi connectivity index (χ0v) is 15.3. The minimum atomic E-state index is -2.33. The van der Waals surface area contributed by atoms with Crippen LogP contribution in [0.2, 0.25) is 10.0 Å². The third-order valence-electron chi connectivity index (χ3n) is 4.05. The van der Waals surface area contributed by atoms with Gasteiger partial charge in [0.2, 0.25) is 0 Å². The summed E-state index contributed by atoms with van der Waals surface area (Å²) in [5.41, 5.74) is 0.691. The smallest absolute Gasteiger partial charge is 0.459 e. The van der Waals surface area contributed by atoms with E-state index in [-0.39, 0.29) is 15.7 Å². The summed E-state index contributed by atoms with van der Waals surface area (Å²) >= 11 is 13.2. The molecule has 1 unspecified atom stereocenters. The van der Waals surface area contributed by atoms with Crippen molar-refractivity contribution in [2.45, 2.75) is 4.90 Å². The molecular weight excluding hydrogens is 397 g/mol. The molecule has 1 aliphatic heterocycles. The zero-order valence-electron chi connectivity index (χ0n) is 13.0. The number of carbonyl (C=O) groups is 1. The Kier molecular flexibility index (Phi) is 4.23. The van der Waals surface area contributed by atoms with Crippen LogP contribution < -0.4 is 14.8 Å². The minimum absolute atomic E-state index is 0.0661. The molecule has 0 saturated carbocycles. The van der Waals surface area contributed by atoms with Gasteiger partial charge in [-0.2, -0.15) is 0 Å². The standard InChI is InChI=1S/C17H11Cl2N3O3S/c18-10-4-2-5-12(15(10)19)22(24,25)17(23)20-11-8-7-9-3-1-6-13-14(9)16(11)21-26-13/h1-8,21,24H,(H,20,23). The fourth-order valence-corrected chi connectivity index (χ4v) is 4.08. The SMILES string of the molecule is O=C(Nc1ccc2cccc3c2c1NS3)[N+]([O-])(O)c1cccc(Cl)c1Cl. The summed E-state index contributed by atoms with van der Waals surface area (Å²) < 4.78 is 3.12. The second kappa shape index (κ2) is 6.31. The number of urea groups is 1. The fourth-order valence-electron chi connectivity index (χ4n) is 2.77. The van der Waals surface area contributed by atoms with Crippen LogP contribution in [0, 0.1) is 5.21 Å². The Bertz CT molecular complexity index is 1060. The second-order valence-electron chi connectivity index (χ2n) is 5.63. The Morgan fingerprint density at radius 2 is 1.92 bits per heavy atom. The van der Waals surface area contributed by atoms with Crippen molar-refractivity contribution in [2.75, 3.05) is 10.0 Å². The number of hydroxylamine groups is 2. The van der Waals surface area contributed by atoms with Crippen molar-refractivity contribution in [3.8, 4) is 0 Å². The third-order valence-corrected chi connectivity index (χ3v) is 5.72. The van der Waals surface area contributed by atoms with E-state index in [2.05, 4.69) is 10.0 Å². The van der Waals surface area contributed by atoms with Crippen molar-refractivity contribution in [1.82, 2.24) is 4.81 Å². The summed E-state index contributed by atoms with van der Waals surface area (Å²) in [4.78, 5) is 11.2. The molecule has 3 aromatic carbocycles. The normalized spacial score (nSPS) is 14.8. The van der Waals surface area contributed by atoms with Gasteiger partial charge >= 0.3 is 6.03 Å². The van der Waals surface area contributed by atoms with Gasteiger partial charge in [-0.15, -0.1) is 0 Å². The number of benzene rings is 3. The molecule has 3 aromatic rings. The van der Waals surface area contributed by atoms with Crippen molar-refractivity contribution in [1.29, 1.82) is 0 Å². The van der Waals surface area contributed by atoms with E-state index in [1.165, 1.54) is 30.1 Å². The zero-order chi connectivity index (χ0) is 18.5. The first-order valence-electron chi connectivity index (χ1n) is 7.47. The molecule has 2 amide bonds. The molecule has 9 heteroatoms. The highest BCUT2D eigenvalue weighted by Crippen LogP contribution is 2.45. The summed E-state index contributed by atoms with van der Waals surface area (Å²) in [6, 6.07) is 12.3. The van der Waals surface area contributed by atoms with Crippen LogP contribution in [0.25, 0.3) is 10.8 Å². The van der Waals surface area contributed by atoms with Gasteiger partial charge in [-0.1, -0.05) is 52.3 Å². The lowest BCUT2D eigenvalue weighted by atomic mass is 10.1. The van der Waals surface area contributed by atoms with Gasteiger partial charge in [-0.25, -0.2) is 10.0 Å². The highest BCUT2D eigenvalue weighted by atomic mass is 35.5. The number of nitrogens with one attached hydrogen (secondary N) is 2. The van der Waals surface area contributed by atoms with E-state index in [0.717, 1.165) is 15.7 Å². The molecular formula is C17H11Cl2N3O3S. The summed E-state index contributed by atoms with van der Waals surface area (Å²) in [5.74, 6) is 0. The van der Waals surface area contributed by atoms with Gasteiger partial charge in [-0.3, -0.25) is 5.32 Å². The van der Waals surface area contributed by atoms with Crippen molar-refractivity contribution in [3.05, 3.63) is 63.8 Å². The van der Waals surface area contributed by atoms with Gasteiger partial charge in [0.15, 0.2) is 5.69 Å². The third kappa shape index (κ3) is 2.69. The van der Waals surface area contributed by atoms with Gasteiger partial charge in [-0.05, 0) is 35.5 Å². The number of halogens is 2. The van der Waals surface area contributed by atoms with Crippen LogP contribution in [0.15, 0.2) is 53.4 Å². The average Bonchev–Trinajstić information content (AvgIpc) is 3.05. The van der Waals surface area contributed by atoms with Crippen LogP contribution in [0.4, 0.5) is 21.9 Å². The average molecular weight is 408 g/mol. The molecule has 0 aliphatic carbocycles. The Balaban J connectivity index is 1.71. The molecule has 0 fully saturated rings. The van der Waals surface area contributed by atoms with Gasteiger partial charge in [0, 0.05) is 16.3 Å². The first-order valence-corrected chi connectivity index (χ1v) is 9.04. The van der Waals surface area contributed by atoms with Gasteiger partial charge in [0.05, 0.1) is 16.4 Å². The van der Waals surface area contributed by atoms with Gasteiger partial charge < -0.3 is 9.93 Å². The number of quaternary nitrogens is 1. The van der Waals surface area contributed by atoms with E-state index in [1.807, 2.05) is 24.3 Å². The molecule has 0 bridgehead atoms. The van der Waals surface area contributed by atoms with Crippen LogP contribution in [0.3, 0.4) is 0 Å². The molecule has 132 valence electrons. The number of carbonyl (C=O) groups excluding carboxylic acids is 1. The summed E-state index contributed by atoms with van der Waals surface area (Å²) in [5, 5.41) is 27.1. The quantitative estimate of drug-likeness (QED) is 0.209. The van der Waals surface area contributed by atoms with E-state index in [4.69, 9.17) is 23.2 Å². The summed E-state index contributed by atoms with van der Waals surface area (Å²) in [6.07, 6.45) is 0. The number of rotatable bonds is 2. The van der Waals surface area contributed by atoms with Crippen molar-refractivity contribution in [2.24, 2.45) is 0 Å². The first-order chi connectivity index (χ1) is 12.4. The van der Waals surface area contributed by atoms with Crippen molar-refractivity contribution < 1.29 is 10.0 Å². The predicted octanol–water partition coefficient (Wildman–Crippen LogP) is 6.01. The molecule has 0 saturated heterocycles. The van der Waals surface area contributed by atoms with Crippen molar-refractivity contribution >= 4 is 69.0 Å². The van der Waals surface area contributed by atoms with Gasteiger partial charge in [0.25, 0.3) is 0 Å². The van der Waals surface area contributed by atoms with Crippen LogP contribution in [0.1, 0.15) is 0 Å². The highest BCUT2D eigenvalue weighted by molar-refractivity contribution is 8.01. The molecule has 26 heavy (non-hydrogen) atoms. The minimum Gasteiger partial charge on any atom is -0.584 e. The Morgan fingerprint density at radius 3 is 2.73 bits per heavy atom. The lowest BCUT2D eigenvalue weighted by Crippen LogP contribution is -2.48. The van der Waals surface area contributed by atoms with E-state index in [0.29, 0.717) is 11.4 Å². The Hall–Kier alpha value is -2.00. The van der Waals surface area contributed by atoms with E-state index < -0.39 is 10.8 Å². The maximum atomic E-state index is 12.6. The summed E-state index contributed by atoms with van der Waals surface area (Å²) in [7, 11) is 0. The van der Waals surface area contributed by atoms with Gasteiger partial charge in [0.1, 0.15) is 5.02 Å². The van der Waals surface area contributed by atoms with Crippen LogP contribution >= 0.6 is 35.1 Å². The predicted molar refractivity (Wildman–Crippen MR) is 106 cm³/mol. The maximum absolute atomic E-state index is 12.6. The summed E-state index contributed by atoms with van der Waals surface area (Å²) in [6.45, 7) is 0. The lowest BCUT2D eigenvalue weighted by Gasteiger charge is -2.30. The van der Waals surface area contributed by atoms with E-state index in [1.54, 1.807) is 6.07 Å². The molecule has 0 aromatic heterocycles. The highest BCUT2D eigenvalue weighted by Gasteiger charge is 2.34. The van der Waals surface area contributed by atoms with Crippen LogP contribution in [-0.4, -0.2) is 11.2 Å². The molecule has 4 rings (SSSR count). The molecule has 3 N–H and O–H groups in total. The topological polar surface area (TPSA) is 84.4 Å². The second-order valence-corrected chi connectivity index (χ2v) is 7.26.